The van der Waals surface area contributed by atoms with Gasteiger partial charge in [-0.05, 0) is 42.9 Å². The van der Waals surface area contributed by atoms with Gasteiger partial charge in [-0.2, -0.15) is 0 Å². The summed E-state index contributed by atoms with van der Waals surface area (Å²) in [6.45, 7) is 0.943. The van der Waals surface area contributed by atoms with Gasteiger partial charge in [-0.25, -0.2) is 0 Å². The van der Waals surface area contributed by atoms with Gasteiger partial charge in [0.15, 0.2) is 0 Å². The summed E-state index contributed by atoms with van der Waals surface area (Å²) in [5.41, 5.74) is 3.41. The third-order valence-corrected chi connectivity index (χ3v) is 3.95. The van der Waals surface area contributed by atoms with Gasteiger partial charge in [-0.15, -0.1) is 0 Å². The normalized spacial score (nSPS) is 10.5. The van der Waals surface area contributed by atoms with Gasteiger partial charge >= 0.3 is 0 Å². The lowest BCUT2D eigenvalue weighted by atomic mass is 10.2. The maximum Gasteiger partial charge on any atom is 0.251 e. The van der Waals surface area contributed by atoms with Gasteiger partial charge in [0.05, 0.1) is 6.54 Å². The predicted molar refractivity (Wildman–Crippen MR) is 106 cm³/mol. The quantitative estimate of drug-likeness (QED) is 0.800. The standard InChI is InChI=1S/C20H26N4O2/c1-21-20(26)16-6-5-7-17(12-16)22-19(25)14-24(4)13-15-8-10-18(11-9-15)23(2)3/h5-12H,13-14H2,1-4H3,(H,21,26)(H,22,25). The van der Waals surface area contributed by atoms with Crippen LogP contribution in [0.5, 0.6) is 0 Å². The molecule has 0 saturated carbocycles. The zero-order valence-corrected chi connectivity index (χ0v) is 15.7. The van der Waals surface area contributed by atoms with Crippen molar-refractivity contribution in [1.29, 1.82) is 0 Å². The number of nitrogens with one attached hydrogen (secondary N) is 2. The second-order valence-corrected chi connectivity index (χ2v) is 6.44. The van der Waals surface area contributed by atoms with Crippen LogP contribution in [0.4, 0.5) is 11.4 Å². The maximum atomic E-state index is 12.2. The van der Waals surface area contributed by atoms with Crippen molar-refractivity contribution in [2.75, 3.05) is 45.0 Å². The van der Waals surface area contributed by atoms with Crippen molar-refractivity contribution in [1.82, 2.24) is 10.2 Å². The number of rotatable bonds is 7. The van der Waals surface area contributed by atoms with E-state index in [1.54, 1.807) is 31.3 Å². The Hall–Kier alpha value is -2.86. The summed E-state index contributed by atoms with van der Waals surface area (Å²) in [7, 11) is 7.49. The van der Waals surface area contributed by atoms with Crippen LogP contribution in [0.2, 0.25) is 0 Å². The van der Waals surface area contributed by atoms with Crippen molar-refractivity contribution in [3.8, 4) is 0 Å². The fraction of sp³-hybridized carbons (Fsp3) is 0.300. The number of nitrogens with zero attached hydrogens (tertiary/aromatic N) is 2. The first-order valence-electron chi connectivity index (χ1n) is 8.46. The van der Waals surface area contributed by atoms with Gasteiger partial charge in [-0.1, -0.05) is 18.2 Å². The molecule has 2 rings (SSSR count). The zero-order chi connectivity index (χ0) is 19.1. The Morgan fingerprint density at radius 1 is 1.00 bits per heavy atom. The van der Waals surface area contributed by atoms with Crippen molar-refractivity contribution in [2.45, 2.75) is 6.54 Å². The molecule has 2 aromatic rings. The van der Waals surface area contributed by atoms with Crippen LogP contribution in [0.3, 0.4) is 0 Å². The van der Waals surface area contributed by atoms with E-state index in [9.17, 15) is 9.59 Å². The minimum Gasteiger partial charge on any atom is -0.378 e. The Morgan fingerprint density at radius 2 is 1.69 bits per heavy atom. The number of likely N-dealkylation sites (N-methyl/N-ethyl adjacent to an activating group) is 1. The summed E-state index contributed by atoms with van der Waals surface area (Å²) in [4.78, 5) is 27.9. The molecule has 26 heavy (non-hydrogen) atoms. The first-order chi connectivity index (χ1) is 12.4. The van der Waals surface area contributed by atoms with Crippen molar-refractivity contribution >= 4 is 23.2 Å². The van der Waals surface area contributed by atoms with E-state index in [-0.39, 0.29) is 18.4 Å². The molecule has 138 valence electrons. The van der Waals surface area contributed by atoms with Crippen LogP contribution >= 0.6 is 0 Å². The maximum absolute atomic E-state index is 12.2. The Labute approximate surface area is 154 Å². The van der Waals surface area contributed by atoms with Gasteiger partial charge in [-0.3, -0.25) is 14.5 Å². The molecule has 0 aliphatic rings. The second-order valence-electron chi connectivity index (χ2n) is 6.44. The van der Waals surface area contributed by atoms with E-state index in [1.807, 2.05) is 30.9 Å². The first kappa shape index (κ1) is 19.5. The van der Waals surface area contributed by atoms with Crippen molar-refractivity contribution < 1.29 is 9.59 Å². The summed E-state index contributed by atoms with van der Waals surface area (Å²) < 4.78 is 0. The molecule has 0 fully saturated rings. The first-order valence-corrected chi connectivity index (χ1v) is 8.46. The smallest absolute Gasteiger partial charge is 0.251 e. The lowest BCUT2D eigenvalue weighted by Crippen LogP contribution is -2.30. The fourth-order valence-electron chi connectivity index (χ4n) is 2.60. The number of anilines is 2. The highest BCUT2D eigenvalue weighted by Gasteiger charge is 2.09. The van der Waals surface area contributed by atoms with Gasteiger partial charge in [0.2, 0.25) is 5.91 Å². The summed E-state index contributed by atoms with van der Waals surface area (Å²) in [5, 5.41) is 5.40. The second kappa shape index (κ2) is 9.01. The molecule has 0 aliphatic heterocycles. The van der Waals surface area contributed by atoms with Crippen LogP contribution in [0.25, 0.3) is 0 Å². The summed E-state index contributed by atoms with van der Waals surface area (Å²) in [6.07, 6.45) is 0. The highest BCUT2D eigenvalue weighted by Crippen LogP contribution is 2.14. The molecule has 0 atom stereocenters. The topological polar surface area (TPSA) is 64.7 Å². The lowest BCUT2D eigenvalue weighted by molar-refractivity contribution is -0.117. The molecular formula is C20H26N4O2. The van der Waals surface area contributed by atoms with Gasteiger partial charge < -0.3 is 15.5 Å². The third-order valence-electron chi connectivity index (χ3n) is 3.95. The molecule has 0 unspecified atom stereocenters. The van der Waals surface area contributed by atoms with Crippen LogP contribution in [0.15, 0.2) is 48.5 Å². The monoisotopic (exact) mass is 354 g/mol. The van der Waals surface area contributed by atoms with Gasteiger partial charge in [0.25, 0.3) is 5.91 Å². The molecular weight excluding hydrogens is 328 g/mol. The van der Waals surface area contributed by atoms with E-state index in [0.29, 0.717) is 17.8 Å². The van der Waals surface area contributed by atoms with E-state index in [1.165, 1.54) is 0 Å². The van der Waals surface area contributed by atoms with Crippen LogP contribution in [0, 0.1) is 0 Å². The Balaban J connectivity index is 1.90. The molecule has 2 aromatic carbocycles. The number of benzene rings is 2. The van der Waals surface area contributed by atoms with Gasteiger partial charge in [0, 0.05) is 44.6 Å². The molecule has 6 nitrogen and oxygen atoms in total. The Kier molecular flexibility index (Phi) is 6.74. The minimum atomic E-state index is -0.181. The highest BCUT2D eigenvalue weighted by molar-refractivity contribution is 5.97. The average molecular weight is 354 g/mol. The predicted octanol–water partition coefficient (Wildman–Crippen LogP) is 2.18. The van der Waals surface area contributed by atoms with Crippen LogP contribution < -0.4 is 15.5 Å². The number of carbonyl (C=O) groups excluding carboxylic acids is 2. The molecule has 2 N–H and O–H groups in total. The Bertz CT molecular complexity index is 757. The van der Waals surface area contributed by atoms with Crippen LogP contribution in [-0.2, 0) is 11.3 Å². The molecule has 0 spiro atoms. The molecule has 0 aliphatic carbocycles. The molecule has 0 heterocycles. The third kappa shape index (κ3) is 5.60. The number of hydrogen-bond donors (Lipinski definition) is 2. The fourth-order valence-corrected chi connectivity index (χ4v) is 2.60. The molecule has 0 aromatic heterocycles. The lowest BCUT2D eigenvalue weighted by Gasteiger charge is -2.18. The zero-order valence-electron chi connectivity index (χ0n) is 15.7. The van der Waals surface area contributed by atoms with E-state index < -0.39 is 0 Å². The van der Waals surface area contributed by atoms with E-state index in [0.717, 1.165) is 11.3 Å². The van der Waals surface area contributed by atoms with Crippen molar-refractivity contribution in [3.05, 3.63) is 59.7 Å². The van der Waals surface area contributed by atoms with Gasteiger partial charge in [0.1, 0.15) is 0 Å². The summed E-state index contributed by atoms with van der Waals surface area (Å²) >= 11 is 0. The highest BCUT2D eigenvalue weighted by atomic mass is 16.2. The molecule has 0 saturated heterocycles. The average Bonchev–Trinajstić information content (AvgIpc) is 2.61. The molecule has 6 heteroatoms. The van der Waals surface area contributed by atoms with Crippen LogP contribution in [0.1, 0.15) is 15.9 Å². The summed E-state index contributed by atoms with van der Waals surface area (Å²) in [5.74, 6) is -0.300. The largest absolute Gasteiger partial charge is 0.378 e. The molecule has 2 amide bonds. The van der Waals surface area contributed by atoms with Crippen molar-refractivity contribution in [3.63, 3.8) is 0 Å². The molecule has 0 bridgehead atoms. The Morgan fingerprint density at radius 3 is 2.31 bits per heavy atom. The van der Waals surface area contributed by atoms with Crippen LogP contribution in [-0.4, -0.2) is 51.4 Å². The van der Waals surface area contributed by atoms with E-state index in [2.05, 4.69) is 34.9 Å². The number of carbonyl (C=O) groups is 2. The van der Waals surface area contributed by atoms with Crippen molar-refractivity contribution in [2.24, 2.45) is 0 Å². The van der Waals surface area contributed by atoms with E-state index >= 15 is 0 Å². The molecule has 0 radical (unpaired) electrons. The number of hydrogen-bond acceptors (Lipinski definition) is 4. The SMILES string of the molecule is CNC(=O)c1cccc(NC(=O)CN(C)Cc2ccc(N(C)C)cc2)c1. The van der Waals surface area contributed by atoms with E-state index in [4.69, 9.17) is 0 Å². The summed E-state index contributed by atoms with van der Waals surface area (Å²) in [6, 6.07) is 15.1. The number of amides is 2. The minimum absolute atomic E-state index is 0.119.